The molecule has 0 bridgehead atoms. The maximum absolute atomic E-state index is 12.7. The molecule has 152 valence electrons. The van der Waals surface area contributed by atoms with E-state index in [0.29, 0.717) is 33.6 Å². The van der Waals surface area contributed by atoms with Crippen LogP contribution in [-0.2, 0) is 16.1 Å². The van der Waals surface area contributed by atoms with Gasteiger partial charge in [0.2, 0.25) is 5.76 Å². The molecule has 0 aliphatic heterocycles. The fourth-order valence-electron chi connectivity index (χ4n) is 3.14. The van der Waals surface area contributed by atoms with Crippen LogP contribution in [0, 0.1) is 6.92 Å². The molecule has 30 heavy (non-hydrogen) atoms. The average molecular weight is 405 g/mol. The number of pyridine rings is 1. The van der Waals surface area contributed by atoms with Gasteiger partial charge in [-0.3, -0.25) is 0 Å². The van der Waals surface area contributed by atoms with Crippen LogP contribution >= 0.6 is 0 Å². The number of para-hydroxylation sites is 1. The Hall–Kier alpha value is -3.94. The van der Waals surface area contributed by atoms with Crippen molar-refractivity contribution in [3.8, 4) is 5.82 Å². The maximum Gasteiger partial charge on any atom is 0.374 e. The van der Waals surface area contributed by atoms with Gasteiger partial charge in [-0.25, -0.2) is 19.3 Å². The quantitative estimate of drug-likeness (QED) is 0.449. The Kier molecular flexibility index (Phi) is 5.30. The zero-order chi connectivity index (χ0) is 21.1. The summed E-state index contributed by atoms with van der Waals surface area (Å²) in [5.74, 6) is -0.528. The Balaban J connectivity index is 1.59. The van der Waals surface area contributed by atoms with Crippen molar-refractivity contribution >= 4 is 22.9 Å². The van der Waals surface area contributed by atoms with Gasteiger partial charge in [0.05, 0.1) is 24.1 Å². The van der Waals surface area contributed by atoms with Crippen molar-refractivity contribution in [3.63, 3.8) is 0 Å². The Labute approximate surface area is 172 Å². The molecule has 0 saturated heterocycles. The molecule has 1 aromatic carbocycles. The van der Waals surface area contributed by atoms with Crippen molar-refractivity contribution in [2.24, 2.45) is 0 Å². The summed E-state index contributed by atoms with van der Waals surface area (Å²) in [6.07, 6.45) is 3.08. The van der Waals surface area contributed by atoms with Gasteiger partial charge in [0.25, 0.3) is 0 Å². The molecular formula is C22H19N3O5. The molecule has 0 amide bonds. The minimum atomic E-state index is -0.598. The van der Waals surface area contributed by atoms with Crippen LogP contribution in [-0.4, -0.2) is 33.3 Å². The van der Waals surface area contributed by atoms with Gasteiger partial charge in [0, 0.05) is 11.6 Å². The van der Waals surface area contributed by atoms with Crippen molar-refractivity contribution in [3.05, 3.63) is 77.4 Å². The highest BCUT2D eigenvalue weighted by atomic mass is 16.5. The molecular weight excluding hydrogens is 386 g/mol. The summed E-state index contributed by atoms with van der Waals surface area (Å²) in [7, 11) is 0. The zero-order valence-corrected chi connectivity index (χ0v) is 16.5. The van der Waals surface area contributed by atoms with Crippen LogP contribution in [0.25, 0.3) is 16.8 Å². The third-order valence-electron chi connectivity index (χ3n) is 4.60. The van der Waals surface area contributed by atoms with Crippen LogP contribution in [0.15, 0.2) is 59.3 Å². The Morgan fingerprint density at radius 2 is 1.87 bits per heavy atom. The fraction of sp³-hybridized carbons (Fsp3) is 0.182. The van der Waals surface area contributed by atoms with Gasteiger partial charge in [-0.15, -0.1) is 0 Å². The molecule has 4 aromatic rings. The van der Waals surface area contributed by atoms with Crippen molar-refractivity contribution in [1.29, 1.82) is 0 Å². The van der Waals surface area contributed by atoms with E-state index in [1.54, 1.807) is 55.1 Å². The Bertz CT molecular complexity index is 1210. The first-order chi connectivity index (χ1) is 14.6. The lowest BCUT2D eigenvalue weighted by atomic mass is 10.1. The number of benzene rings is 1. The summed E-state index contributed by atoms with van der Waals surface area (Å²) >= 11 is 0. The molecule has 0 aliphatic rings. The number of hydrogen-bond donors (Lipinski definition) is 0. The molecule has 0 saturated carbocycles. The van der Waals surface area contributed by atoms with Crippen LogP contribution in [0.1, 0.15) is 39.1 Å². The number of aromatic nitrogens is 3. The lowest BCUT2D eigenvalue weighted by Crippen LogP contribution is -2.10. The van der Waals surface area contributed by atoms with E-state index >= 15 is 0 Å². The van der Waals surface area contributed by atoms with E-state index in [4.69, 9.17) is 13.9 Å². The summed E-state index contributed by atoms with van der Waals surface area (Å²) < 4.78 is 17.8. The monoisotopic (exact) mass is 405 g/mol. The highest BCUT2D eigenvalue weighted by molar-refractivity contribution is 5.96. The molecule has 8 nitrogen and oxygen atoms in total. The van der Waals surface area contributed by atoms with Gasteiger partial charge in [0.15, 0.2) is 5.82 Å². The third kappa shape index (κ3) is 3.55. The first kappa shape index (κ1) is 19.4. The molecule has 0 atom stereocenters. The van der Waals surface area contributed by atoms with Crippen LogP contribution in [0.2, 0.25) is 0 Å². The highest BCUT2D eigenvalue weighted by Gasteiger charge is 2.24. The number of rotatable bonds is 6. The first-order valence-electron chi connectivity index (χ1n) is 9.40. The van der Waals surface area contributed by atoms with Crippen molar-refractivity contribution in [2.45, 2.75) is 20.5 Å². The predicted molar refractivity (Wildman–Crippen MR) is 107 cm³/mol. The van der Waals surface area contributed by atoms with Crippen LogP contribution < -0.4 is 0 Å². The molecule has 0 spiro atoms. The lowest BCUT2D eigenvalue weighted by Gasteiger charge is -2.06. The average Bonchev–Trinajstić information content (AvgIpc) is 3.33. The van der Waals surface area contributed by atoms with Crippen molar-refractivity contribution in [1.82, 2.24) is 14.8 Å². The zero-order valence-electron chi connectivity index (χ0n) is 16.5. The Morgan fingerprint density at radius 1 is 1.07 bits per heavy atom. The number of ether oxygens (including phenoxy) is 2. The van der Waals surface area contributed by atoms with E-state index in [1.165, 1.54) is 6.20 Å². The van der Waals surface area contributed by atoms with Gasteiger partial charge in [-0.1, -0.05) is 24.3 Å². The summed E-state index contributed by atoms with van der Waals surface area (Å²) in [6, 6.07) is 12.6. The number of esters is 2. The second kappa shape index (κ2) is 8.20. The number of carbonyl (C=O) groups is 2. The van der Waals surface area contributed by atoms with Crippen molar-refractivity contribution < 1.29 is 23.5 Å². The van der Waals surface area contributed by atoms with E-state index in [9.17, 15) is 9.59 Å². The molecule has 8 heteroatoms. The summed E-state index contributed by atoms with van der Waals surface area (Å²) in [5, 5.41) is 4.92. The molecule has 0 aliphatic carbocycles. The van der Waals surface area contributed by atoms with Gasteiger partial charge < -0.3 is 13.9 Å². The third-order valence-corrected chi connectivity index (χ3v) is 4.60. The molecule has 0 N–H and O–H groups in total. The number of nitrogens with zero attached hydrogens (tertiary/aromatic N) is 3. The van der Waals surface area contributed by atoms with Gasteiger partial charge in [-0.2, -0.15) is 5.10 Å². The Morgan fingerprint density at radius 3 is 2.63 bits per heavy atom. The van der Waals surface area contributed by atoms with E-state index in [1.807, 2.05) is 12.1 Å². The van der Waals surface area contributed by atoms with Crippen LogP contribution in [0.4, 0.5) is 0 Å². The number of fused-ring (bicyclic) bond motifs is 1. The standard InChI is InChI=1S/C22H19N3O5/c1-3-28-22(27)20-17(15-8-4-5-9-18(15)30-20)13-29-21(26)16-12-24-25(14(16)2)19-10-6-7-11-23-19/h4-12H,3,13H2,1-2H3. The maximum atomic E-state index is 12.7. The van der Waals surface area contributed by atoms with Gasteiger partial charge in [0.1, 0.15) is 17.8 Å². The second-order valence-corrected chi connectivity index (χ2v) is 6.45. The highest BCUT2D eigenvalue weighted by Crippen LogP contribution is 2.27. The smallest absolute Gasteiger partial charge is 0.374 e. The van der Waals surface area contributed by atoms with Gasteiger partial charge in [-0.05, 0) is 32.0 Å². The summed E-state index contributed by atoms with van der Waals surface area (Å²) in [4.78, 5) is 29.2. The van der Waals surface area contributed by atoms with E-state index in [2.05, 4.69) is 10.1 Å². The van der Waals surface area contributed by atoms with E-state index < -0.39 is 11.9 Å². The van der Waals surface area contributed by atoms with E-state index in [-0.39, 0.29) is 19.0 Å². The number of carbonyl (C=O) groups excluding carboxylic acids is 2. The molecule has 0 fully saturated rings. The molecule has 3 aromatic heterocycles. The van der Waals surface area contributed by atoms with Crippen LogP contribution in [0.3, 0.4) is 0 Å². The minimum Gasteiger partial charge on any atom is -0.460 e. The number of furan rings is 1. The molecule has 0 radical (unpaired) electrons. The number of hydrogen-bond acceptors (Lipinski definition) is 7. The first-order valence-corrected chi connectivity index (χ1v) is 9.40. The predicted octanol–water partition coefficient (Wildman–Crippen LogP) is 3.86. The van der Waals surface area contributed by atoms with E-state index in [0.717, 1.165) is 0 Å². The lowest BCUT2D eigenvalue weighted by molar-refractivity contribution is 0.0435. The normalized spacial score (nSPS) is 10.9. The fourth-order valence-corrected chi connectivity index (χ4v) is 3.14. The molecule has 3 heterocycles. The van der Waals surface area contributed by atoms with Gasteiger partial charge >= 0.3 is 11.9 Å². The summed E-state index contributed by atoms with van der Waals surface area (Å²) in [6.45, 7) is 3.54. The summed E-state index contributed by atoms with van der Waals surface area (Å²) in [5.41, 5.74) is 1.89. The largest absolute Gasteiger partial charge is 0.460 e. The van der Waals surface area contributed by atoms with Crippen LogP contribution in [0.5, 0.6) is 0 Å². The second-order valence-electron chi connectivity index (χ2n) is 6.45. The minimum absolute atomic E-state index is 0.0340. The SMILES string of the molecule is CCOC(=O)c1oc2ccccc2c1COC(=O)c1cnn(-c2ccccn2)c1C. The topological polar surface area (TPSA) is 96.5 Å². The molecule has 4 rings (SSSR count). The van der Waals surface area contributed by atoms with Crippen molar-refractivity contribution in [2.75, 3.05) is 6.61 Å². The molecule has 0 unspecified atom stereocenters.